The smallest absolute Gasteiger partial charge is 0.335 e. The van der Waals surface area contributed by atoms with Gasteiger partial charge in [-0.05, 0) is 27.5 Å². The zero-order valence-electron chi connectivity index (χ0n) is 16.6. The van der Waals surface area contributed by atoms with Crippen LogP contribution in [0.3, 0.4) is 0 Å². The van der Waals surface area contributed by atoms with E-state index >= 15 is 0 Å². The molecule has 0 saturated heterocycles. The summed E-state index contributed by atoms with van der Waals surface area (Å²) < 4.78 is 24.0. The fraction of sp³-hybridized carbons (Fsp3) is 0.684. The highest BCUT2D eigenvalue weighted by Crippen LogP contribution is 2.52. The Morgan fingerprint density at radius 2 is 1.31 bits per heavy atom. The Labute approximate surface area is 167 Å². The van der Waals surface area contributed by atoms with Gasteiger partial charge in [-0.15, -0.1) is 23.2 Å². The number of hydrogen-bond donors (Lipinski definition) is 1. The van der Waals surface area contributed by atoms with Crippen LogP contribution in [0, 0.1) is 0 Å². The summed E-state index contributed by atoms with van der Waals surface area (Å²) in [5, 5.41) is 10.8. The maximum absolute atomic E-state index is 13.1. The van der Waals surface area contributed by atoms with Gasteiger partial charge in [0.15, 0.2) is 0 Å². The van der Waals surface area contributed by atoms with E-state index in [0.717, 1.165) is 16.7 Å². The molecular formula is C19H31Cl2O4P. The molecule has 0 radical (unpaired) electrons. The Hall–Kier alpha value is -0.250. The quantitative estimate of drug-likeness (QED) is 0.399. The van der Waals surface area contributed by atoms with Crippen LogP contribution in [0.5, 0.6) is 5.75 Å². The van der Waals surface area contributed by atoms with Crippen molar-refractivity contribution in [2.24, 2.45) is 0 Å². The largest absolute Gasteiger partial charge is 0.507 e. The molecule has 0 fully saturated rings. The van der Waals surface area contributed by atoms with E-state index < -0.39 is 7.60 Å². The van der Waals surface area contributed by atoms with Crippen molar-refractivity contribution in [1.29, 1.82) is 0 Å². The van der Waals surface area contributed by atoms with E-state index in [4.69, 9.17) is 32.2 Å². The third-order valence-corrected chi connectivity index (χ3v) is 6.11. The summed E-state index contributed by atoms with van der Waals surface area (Å²) in [5.41, 5.74) is 1.88. The molecule has 0 unspecified atom stereocenters. The Morgan fingerprint density at radius 3 is 1.62 bits per heavy atom. The van der Waals surface area contributed by atoms with Gasteiger partial charge in [0.05, 0.1) is 19.4 Å². The van der Waals surface area contributed by atoms with Crippen LogP contribution >= 0.6 is 30.8 Å². The summed E-state index contributed by atoms with van der Waals surface area (Å²) in [7, 11) is -3.38. The number of phenols is 1. The SMILES string of the molecule is CC(C)(C)c1cc(CP(=O)(OCCCl)OCCCl)cc(C(C)(C)C)c1O. The summed E-state index contributed by atoms with van der Waals surface area (Å²) in [6.07, 6.45) is 0.104. The average Bonchev–Trinajstić information content (AvgIpc) is 2.50. The lowest BCUT2D eigenvalue weighted by Gasteiger charge is -2.29. The van der Waals surface area contributed by atoms with E-state index in [1.165, 1.54) is 0 Å². The summed E-state index contributed by atoms with van der Waals surface area (Å²) in [6.45, 7) is 12.5. The standard InChI is InChI=1S/C19H31Cl2O4P/c1-18(2,3)15-11-14(12-16(17(15)22)19(4,5)6)13-26(23,24-9-7-20)25-10-8-21/h11-12,22H,7-10,13H2,1-6H3. The second-order valence-corrected chi connectivity index (χ2v) is 11.2. The number of phenolic OH excluding ortho intramolecular Hbond substituents is 1. The lowest BCUT2D eigenvalue weighted by Crippen LogP contribution is -2.18. The van der Waals surface area contributed by atoms with Gasteiger partial charge < -0.3 is 14.2 Å². The number of aromatic hydroxyl groups is 1. The molecule has 0 bridgehead atoms. The van der Waals surface area contributed by atoms with Crippen molar-refractivity contribution < 1.29 is 18.7 Å². The first kappa shape index (κ1) is 23.8. The molecular weight excluding hydrogens is 394 g/mol. The molecule has 7 heteroatoms. The van der Waals surface area contributed by atoms with E-state index in [1.807, 2.05) is 53.7 Å². The highest BCUT2D eigenvalue weighted by molar-refractivity contribution is 7.53. The van der Waals surface area contributed by atoms with Crippen LogP contribution in [-0.2, 0) is 30.6 Å². The van der Waals surface area contributed by atoms with Crippen LogP contribution in [0.15, 0.2) is 12.1 Å². The van der Waals surface area contributed by atoms with Crippen LogP contribution in [0.2, 0.25) is 0 Å². The topological polar surface area (TPSA) is 55.8 Å². The fourth-order valence-corrected chi connectivity index (χ4v) is 4.62. The molecule has 26 heavy (non-hydrogen) atoms. The minimum absolute atomic E-state index is 0.104. The van der Waals surface area contributed by atoms with Crippen molar-refractivity contribution in [3.8, 4) is 5.75 Å². The lowest BCUT2D eigenvalue weighted by atomic mass is 9.78. The summed E-state index contributed by atoms with van der Waals surface area (Å²) in [6, 6.07) is 3.76. The molecule has 1 aromatic rings. The minimum atomic E-state index is -3.38. The Morgan fingerprint density at radius 1 is 0.923 bits per heavy atom. The average molecular weight is 425 g/mol. The third kappa shape index (κ3) is 6.73. The molecule has 1 N–H and O–H groups in total. The molecule has 0 aliphatic rings. The van der Waals surface area contributed by atoms with Crippen molar-refractivity contribution in [1.82, 2.24) is 0 Å². The molecule has 0 saturated carbocycles. The summed E-state index contributed by atoms with van der Waals surface area (Å²) in [4.78, 5) is 0. The van der Waals surface area contributed by atoms with E-state index in [2.05, 4.69) is 0 Å². The lowest BCUT2D eigenvalue weighted by molar-refractivity contribution is 0.221. The second kappa shape index (κ2) is 9.30. The molecule has 1 rings (SSSR count). The fourth-order valence-electron chi connectivity index (χ4n) is 2.63. The number of alkyl halides is 2. The van der Waals surface area contributed by atoms with Crippen LogP contribution in [0.4, 0.5) is 0 Å². The van der Waals surface area contributed by atoms with E-state index in [0.29, 0.717) is 0 Å². The number of rotatable bonds is 8. The number of hydrogen-bond acceptors (Lipinski definition) is 4. The van der Waals surface area contributed by atoms with Gasteiger partial charge in [0.25, 0.3) is 0 Å². The van der Waals surface area contributed by atoms with Gasteiger partial charge in [-0.3, -0.25) is 4.57 Å². The first-order chi connectivity index (χ1) is 11.8. The first-order valence-corrected chi connectivity index (χ1v) is 11.5. The maximum atomic E-state index is 13.1. The molecule has 1 aromatic carbocycles. The third-order valence-electron chi connectivity index (χ3n) is 3.89. The molecule has 0 amide bonds. The predicted molar refractivity (Wildman–Crippen MR) is 110 cm³/mol. The normalized spacial score (nSPS) is 13.2. The predicted octanol–water partition coefficient (Wildman–Crippen LogP) is 6.19. The van der Waals surface area contributed by atoms with Crippen LogP contribution in [-0.4, -0.2) is 30.1 Å². The van der Waals surface area contributed by atoms with Crippen molar-refractivity contribution in [3.05, 3.63) is 28.8 Å². The highest BCUT2D eigenvalue weighted by Gasteiger charge is 2.30. The molecule has 0 aromatic heterocycles. The minimum Gasteiger partial charge on any atom is -0.507 e. The van der Waals surface area contributed by atoms with Gasteiger partial charge in [-0.2, -0.15) is 0 Å². The number of benzene rings is 1. The molecule has 0 aliphatic heterocycles. The van der Waals surface area contributed by atoms with Gasteiger partial charge in [-0.25, -0.2) is 0 Å². The Bertz CT molecular complexity index is 601. The van der Waals surface area contributed by atoms with Gasteiger partial charge >= 0.3 is 7.60 Å². The van der Waals surface area contributed by atoms with Crippen molar-refractivity contribution >= 4 is 30.8 Å². The Kier molecular flexibility index (Phi) is 8.51. The molecule has 0 heterocycles. The zero-order chi connectivity index (χ0) is 20.2. The zero-order valence-corrected chi connectivity index (χ0v) is 19.0. The Balaban J connectivity index is 3.39. The van der Waals surface area contributed by atoms with Crippen LogP contribution in [0.1, 0.15) is 58.2 Å². The molecule has 150 valence electrons. The summed E-state index contributed by atoms with van der Waals surface area (Å²) in [5.74, 6) is 0.737. The molecule has 0 atom stereocenters. The summed E-state index contributed by atoms with van der Waals surface area (Å²) >= 11 is 11.3. The first-order valence-electron chi connectivity index (χ1n) is 8.71. The van der Waals surface area contributed by atoms with Gasteiger partial charge in [0.1, 0.15) is 5.75 Å². The van der Waals surface area contributed by atoms with E-state index in [1.54, 1.807) is 0 Å². The van der Waals surface area contributed by atoms with Crippen molar-refractivity contribution in [2.45, 2.75) is 58.5 Å². The second-order valence-electron chi connectivity index (χ2n) is 8.35. The van der Waals surface area contributed by atoms with E-state index in [-0.39, 0.29) is 47.7 Å². The van der Waals surface area contributed by atoms with Gasteiger partial charge in [0, 0.05) is 11.8 Å². The van der Waals surface area contributed by atoms with Crippen LogP contribution < -0.4 is 0 Å². The molecule has 0 aliphatic carbocycles. The van der Waals surface area contributed by atoms with E-state index in [9.17, 15) is 9.67 Å². The highest BCUT2D eigenvalue weighted by atomic mass is 35.5. The van der Waals surface area contributed by atoms with Crippen LogP contribution in [0.25, 0.3) is 0 Å². The maximum Gasteiger partial charge on any atom is 0.335 e. The molecule has 0 spiro atoms. The number of halogens is 2. The van der Waals surface area contributed by atoms with Crippen molar-refractivity contribution in [2.75, 3.05) is 25.0 Å². The van der Waals surface area contributed by atoms with Gasteiger partial charge in [-0.1, -0.05) is 53.7 Å². The molecule has 4 nitrogen and oxygen atoms in total. The van der Waals surface area contributed by atoms with Gasteiger partial charge in [0.2, 0.25) is 0 Å². The monoisotopic (exact) mass is 424 g/mol. The van der Waals surface area contributed by atoms with Crippen molar-refractivity contribution in [3.63, 3.8) is 0 Å².